The second-order valence-electron chi connectivity index (χ2n) is 6.29. The monoisotopic (exact) mass is 314 g/mol. The van der Waals surface area contributed by atoms with Gasteiger partial charge in [-0.25, -0.2) is 9.59 Å². The average Bonchev–Trinajstić information content (AvgIpc) is 3.00. The van der Waals surface area contributed by atoms with Crippen LogP contribution in [-0.2, 0) is 9.53 Å². The molecule has 1 aliphatic carbocycles. The fourth-order valence-electron chi connectivity index (χ4n) is 3.19. The van der Waals surface area contributed by atoms with E-state index in [0.717, 1.165) is 36.8 Å². The summed E-state index contributed by atoms with van der Waals surface area (Å²) in [6.07, 6.45) is 4.05. The van der Waals surface area contributed by atoms with Crippen LogP contribution in [0, 0.1) is 6.92 Å². The second kappa shape index (κ2) is 6.44. The summed E-state index contributed by atoms with van der Waals surface area (Å²) in [7, 11) is 0. The van der Waals surface area contributed by atoms with Gasteiger partial charge in [-0.1, -0.05) is 29.8 Å². The van der Waals surface area contributed by atoms with Gasteiger partial charge in [0.1, 0.15) is 6.10 Å². The molecule has 122 valence electrons. The number of rotatable bonds is 3. The van der Waals surface area contributed by atoms with Crippen molar-refractivity contribution in [3.63, 3.8) is 0 Å². The van der Waals surface area contributed by atoms with E-state index in [1.54, 1.807) is 6.92 Å². The number of benzene rings is 1. The van der Waals surface area contributed by atoms with Gasteiger partial charge in [-0.3, -0.25) is 0 Å². The van der Waals surface area contributed by atoms with Crippen molar-refractivity contribution in [1.29, 1.82) is 0 Å². The summed E-state index contributed by atoms with van der Waals surface area (Å²) in [4.78, 5) is 24.5. The van der Waals surface area contributed by atoms with Crippen LogP contribution in [0.5, 0.6) is 0 Å². The Labute approximate surface area is 136 Å². The molecule has 0 radical (unpaired) electrons. The van der Waals surface area contributed by atoms with Crippen molar-refractivity contribution in [3.05, 3.63) is 46.7 Å². The fourth-order valence-corrected chi connectivity index (χ4v) is 3.19. The van der Waals surface area contributed by atoms with Gasteiger partial charge in [0, 0.05) is 5.70 Å². The van der Waals surface area contributed by atoms with E-state index in [4.69, 9.17) is 4.74 Å². The quantitative estimate of drug-likeness (QED) is 0.842. The van der Waals surface area contributed by atoms with Crippen molar-refractivity contribution in [1.82, 2.24) is 10.6 Å². The predicted molar refractivity (Wildman–Crippen MR) is 86.6 cm³/mol. The van der Waals surface area contributed by atoms with Crippen LogP contribution in [0.25, 0.3) is 0 Å². The highest BCUT2D eigenvalue weighted by Crippen LogP contribution is 2.30. The molecule has 2 aliphatic rings. The van der Waals surface area contributed by atoms with Crippen LogP contribution in [0.15, 0.2) is 35.5 Å². The molecule has 1 aliphatic heterocycles. The lowest BCUT2D eigenvalue weighted by molar-refractivity contribution is -0.144. The molecule has 2 amide bonds. The third kappa shape index (κ3) is 3.38. The minimum atomic E-state index is -0.474. The Morgan fingerprint density at radius 1 is 1.13 bits per heavy atom. The number of nitrogens with one attached hydrogen (secondary N) is 2. The van der Waals surface area contributed by atoms with Gasteiger partial charge in [0.05, 0.1) is 11.6 Å². The van der Waals surface area contributed by atoms with Crippen LogP contribution in [0.4, 0.5) is 4.79 Å². The van der Waals surface area contributed by atoms with Crippen LogP contribution < -0.4 is 10.6 Å². The number of hydrogen-bond acceptors (Lipinski definition) is 3. The Morgan fingerprint density at radius 2 is 1.78 bits per heavy atom. The van der Waals surface area contributed by atoms with E-state index in [-0.39, 0.29) is 18.1 Å². The maximum absolute atomic E-state index is 12.7. The number of carbonyl (C=O) groups excluding carboxylic acids is 2. The van der Waals surface area contributed by atoms with E-state index < -0.39 is 6.04 Å². The van der Waals surface area contributed by atoms with E-state index >= 15 is 0 Å². The van der Waals surface area contributed by atoms with Crippen LogP contribution in [0.1, 0.15) is 49.8 Å². The van der Waals surface area contributed by atoms with Gasteiger partial charge in [0.2, 0.25) is 0 Å². The van der Waals surface area contributed by atoms with Crippen molar-refractivity contribution >= 4 is 12.0 Å². The van der Waals surface area contributed by atoms with Crippen molar-refractivity contribution in [2.45, 2.75) is 51.7 Å². The molecule has 1 heterocycles. The van der Waals surface area contributed by atoms with Gasteiger partial charge < -0.3 is 15.4 Å². The Morgan fingerprint density at radius 3 is 2.43 bits per heavy atom. The smallest absolute Gasteiger partial charge is 0.338 e. The molecule has 1 fully saturated rings. The fraction of sp³-hybridized carbons (Fsp3) is 0.444. The molecule has 1 aromatic carbocycles. The summed E-state index contributed by atoms with van der Waals surface area (Å²) in [5.41, 5.74) is 3.05. The molecule has 1 atom stereocenters. The SMILES string of the molecule is CC1=C(C(=O)OC2CCCC2)[C@@H](c2ccc(C)cc2)NC(=O)N1. The molecule has 0 spiro atoms. The summed E-state index contributed by atoms with van der Waals surface area (Å²) in [5, 5.41) is 5.50. The highest BCUT2D eigenvalue weighted by Gasteiger charge is 2.33. The van der Waals surface area contributed by atoms with E-state index in [9.17, 15) is 9.59 Å². The molecule has 3 rings (SSSR count). The third-order valence-electron chi connectivity index (χ3n) is 4.48. The second-order valence-corrected chi connectivity index (χ2v) is 6.29. The summed E-state index contributed by atoms with van der Waals surface area (Å²) in [5.74, 6) is -0.340. The standard InChI is InChI=1S/C18H22N2O3/c1-11-7-9-13(10-8-11)16-15(12(2)19-18(22)20-16)17(21)23-14-5-3-4-6-14/h7-10,14,16H,3-6H2,1-2H3,(H2,19,20,22)/t16-/m1/s1. The predicted octanol–water partition coefficient (Wildman–Crippen LogP) is 3.11. The van der Waals surface area contributed by atoms with Gasteiger partial charge in [0.25, 0.3) is 0 Å². The topological polar surface area (TPSA) is 67.4 Å². The molecule has 0 aromatic heterocycles. The Kier molecular flexibility index (Phi) is 4.37. The Hall–Kier alpha value is -2.30. The van der Waals surface area contributed by atoms with Crippen molar-refractivity contribution < 1.29 is 14.3 Å². The van der Waals surface area contributed by atoms with E-state index in [0.29, 0.717) is 11.3 Å². The van der Waals surface area contributed by atoms with E-state index in [2.05, 4.69) is 10.6 Å². The lowest BCUT2D eigenvalue weighted by Gasteiger charge is -2.29. The highest BCUT2D eigenvalue weighted by molar-refractivity contribution is 5.95. The van der Waals surface area contributed by atoms with Crippen LogP contribution in [0.3, 0.4) is 0 Å². The van der Waals surface area contributed by atoms with Gasteiger partial charge in [-0.2, -0.15) is 0 Å². The first-order valence-corrected chi connectivity index (χ1v) is 8.10. The zero-order valence-corrected chi connectivity index (χ0v) is 13.5. The first kappa shape index (κ1) is 15.6. The lowest BCUT2D eigenvalue weighted by atomic mass is 9.95. The highest BCUT2D eigenvalue weighted by atomic mass is 16.5. The summed E-state index contributed by atoms with van der Waals surface area (Å²) < 4.78 is 5.64. The number of carbonyl (C=O) groups is 2. The molecule has 5 heteroatoms. The van der Waals surface area contributed by atoms with Gasteiger partial charge in [-0.05, 0) is 45.1 Å². The number of ether oxygens (including phenoxy) is 1. The maximum Gasteiger partial charge on any atom is 0.338 e. The Bertz CT molecular complexity index is 643. The van der Waals surface area contributed by atoms with Crippen LogP contribution in [-0.4, -0.2) is 18.1 Å². The Balaban J connectivity index is 1.88. The molecule has 1 saturated carbocycles. The van der Waals surface area contributed by atoms with Crippen LogP contribution >= 0.6 is 0 Å². The molecule has 0 unspecified atom stereocenters. The van der Waals surface area contributed by atoms with Crippen molar-refractivity contribution in [2.24, 2.45) is 0 Å². The summed E-state index contributed by atoms with van der Waals surface area (Å²) in [6, 6.07) is 7.03. The maximum atomic E-state index is 12.7. The van der Waals surface area contributed by atoms with Crippen molar-refractivity contribution in [3.8, 4) is 0 Å². The summed E-state index contributed by atoms with van der Waals surface area (Å²) >= 11 is 0. The first-order chi connectivity index (χ1) is 11.0. The minimum Gasteiger partial charge on any atom is -0.459 e. The minimum absolute atomic E-state index is 0.000837. The molecule has 23 heavy (non-hydrogen) atoms. The molecule has 5 nitrogen and oxygen atoms in total. The van der Waals surface area contributed by atoms with E-state index in [1.165, 1.54) is 0 Å². The summed E-state index contributed by atoms with van der Waals surface area (Å²) in [6.45, 7) is 3.74. The van der Waals surface area contributed by atoms with Crippen molar-refractivity contribution in [2.75, 3.05) is 0 Å². The normalized spacial score (nSPS) is 21.8. The molecule has 0 bridgehead atoms. The molecular weight excluding hydrogens is 292 g/mol. The first-order valence-electron chi connectivity index (χ1n) is 8.10. The molecule has 2 N–H and O–H groups in total. The van der Waals surface area contributed by atoms with Gasteiger partial charge in [0.15, 0.2) is 0 Å². The number of aryl methyl sites for hydroxylation is 1. The largest absolute Gasteiger partial charge is 0.459 e. The van der Waals surface area contributed by atoms with Gasteiger partial charge >= 0.3 is 12.0 Å². The number of urea groups is 1. The van der Waals surface area contributed by atoms with Gasteiger partial charge in [-0.15, -0.1) is 0 Å². The number of allylic oxidation sites excluding steroid dienone is 1. The third-order valence-corrected chi connectivity index (χ3v) is 4.48. The molecule has 0 saturated heterocycles. The van der Waals surface area contributed by atoms with Crippen LogP contribution in [0.2, 0.25) is 0 Å². The molecule has 1 aromatic rings. The zero-order chi connectivity index (χ0) is 16.4. The molecular formula is C18H22N2O3. The number of amides is 2. The van der Waals surface area contributed by atoms with E-state index in [1.807, 2.05) is 31.2 Å². The zero-order valence-electron chi connectivity index (χ0n) is 13.5. The number of hydrogen-bond donors (Lipinski definition) is 2. The number of esters is 1. The lowest BCUT2D eigenvalue weighted by Crippen LogP contribution is -2.45. The average molecular weight is 314 g/mol.